The summed E-state index contributed by atoms with van der Waals surface area (Å²) in [5, 5.41) is 0.961. The molecule has 3 aliphatic carbocycles. The highest BCUT2D eigenvalue weighted by molar-refractivity contribution is 7.90. The number of piperidine rings is 1. The summed E-state index contributed by atoms with van der Waals surface area (Å²) >= 11 is 0. The number of benzene rings is 1. The lowest BCUT2D eigenvalue weighted by molar-refractivity contribution is -0.158. The molecule has 1 N–H and O–H groups in total. The van der Waals surface area contributed by atoms with E-state index in [1.165, 1.54) is 12.0 Å². The number of alkyl halides is 2. The Morgan fingerprint density at radius 3 is 2.55 bits per heavy atom. The number of carbonyl (C=O) groups excluding carboxylic acids is 2. The first kappa shape index (κ1) is 30.8. The van der Waals surface area contributed by atoms with E-state index < -0.39 is 34.0 Å². The third kappa shape index (κ3) is 5.05. The van der Waals surface area contributed by atoms with Crippen molar-refractivity contribution in [2.45, 2.75) is 81.8 Å². The lowest BCUT2D eigenvalue weighted by Gasteiger charge is -2.57. The minimum atomic E-state index is -4.54. The van der Waals surface area contributed by atoms with E-state index in [-0.39, 0.29) is 29.5 Å². The molecule has 12 heteroatoms. The van der Waals surface area contributed by atoms with E-state index in [0.29, 0.717) is 30.0 Å². The van der Waals surface area contributed by atoms with E-state index in [4.69, 9.17) is 4.74 Å². The molecule has 3 fully saturated rings. The number of carbonyl (C=O) groups is 2. The van der Waals surface area contributed by atoms with Gasteiger partial charge >= 0.3 is 0 Å². The number of methoxy groups -OCH3 is 1. The fourth-order valence-electron chi connectivity index (χ4n) is 9.28. The molecule has 8 rings (SSSR count). The van der Waals surface area contributed by atoms with Gasteiger partial charge in [-0.05, 0) is 73.1 Å². The van der Waals surface area contributed by atoms with E-state index in [0.717, 1.165) is 73.1 Å². The molecule has 1 saturated carbocycles. The third-order valence-electron chi connectivity index (χ3n) is 11.3. The fourth-order valence-corrected chi connectivity index (χ4v) is 10.1. The molecule has 3 unspecified atom stereocenters. The maximum atomic E-state index is 14.5. The Kier molecular flexibility index (Phi) is 7.40. The fraction of sp³-hybridized carbons (Fsp3) is 0.543. The van der Waals surface area contributed by atoms with Crippen molar-refractivity contribution in [1.82, 2.24) is 19.1 Å². The molecule has 4 heterocycles. The molecule has 9 nitrogen and oxygen atoms in total. The van der Waals surface area contributed by atoms with E-state index in [1.807, 2.05) is 22.9 Å². The van der Waals surface area contributed by atoms with E-state index >= 15 is 0 Å². The van der Waals surface area contributed by atoms with Gasteiger partial charge in [0.1, 0.15) is 11.5 Å². The quantitative estimate of drug-likeness (QED) is 0.464. The molecule has 2 bridgehead atoms. The number of allylic oxidation sites excluding steroid dienone is 4. The number of nitrogens with one attached hydrogen (secondary N) is 1. The number of amides is 2. The number of likely N-dealkylation sites (tertiary alicyclic amines) is 2. The minimum absolute atomic E-state index is 0.109. The average molecular weight is 667 g/mol. The van der Waals surface area contributed by atoms with Crippen molar-refractivity contribution < 1.29 is 31.5 Å². The van der Waals surface area contributed by atoms with Crippen molar-refractivity contribution in [3.8, 4) is 5.75 Å². The summed E-state index contributed by atoms with van der Waals surface area (Å²) in [4.78, 5) is 32.3. The van der Waals surface area contributed by atoms with Crippen LogP contribution in [0, 0.1) is 5.92 Å². The molecule has 2 amide bonds. The average Bonchev–Trinajstić information content (AvgIpc) is 3.66. The van der Waals surface area contributed by atoms with Crippen LogP contribution in [0.25, 0.3) is 10.9 Å². The molecule has 0 spiro atoms. The van der Waals surface area contributed by atoms with Gasteiger partial charge in [-0.25, -0.2) is 21.9 Å². The van der Waals surface area contributed by atoms with Gasteiger partial charge in [0.15, 0.2) is 0 Å². The second-order valence-electron chi connectivity index (χ2n) is 14.1. The number of halogens is 2. The molecular weight excluding hydrogens is 626 g/mol. The van der Waals surface area contributed by atoms with Crippen LogP contribution in [0.1, 0.15) is 68.0 Å². The SMILES string of the molecule is COc1ccc(C2CCCCC2)c2c1cc1n2CC2=C(C(=O)NS(=O)(=O)CC(F)F)C2=C2C=CC[C@@H](C(=O)N3C4CC3CN(C)C4)C21. The first-order chi connectivity index (χ1) is 22.6. The van der Waals surface area contributed by atoms with Gasteiger partial charge in [-0.1, -0.05) is 37.5 Å². The summed E-state index contributed by atoms with van der Waals surface area (Å²) in [6.07, 6.45) is 8.06. The third-order valence-corrected chi connectivity index (χ3v) is 12.4. The molecule has 0 radical (unpaired) electrons. The summed E-state index contributed by atoms with van der Waals surface area (Å²) in [5.41, 5.74) is 5.60. The van der Waals surface area contributed by atoms with E-state index in [1.54, 1.807) is 7.11 Å². The Hall–Kier alpha value is -3.51. The second kappa shape index (κ2) is 11.3. The van der Waals surface area contributed by atoms with Crippen LogP contribution < -0.4 is 9.46 Å². The normalized spacial score (nSPS) is 27.3. The van der Waals surface area contributed by atoms with Gasteiger partial charge in [0, 0.05) is 48.7 Å². The molecular formula is C35H40F2N4O5S. The van der Waals surface area contributed by atoms with Gasteiger partial charge in [0.25, 0.3) is 12.3 Å². The summed E-state index contributed by atoms with van der Waals surface area (Å²) in [6.45, 7) is 2.00. The Labute approximate surface area is 273 Å². The predicted molar refractivity (Wildman–Crippen MR) is 173 cm³/mol. The summed E-state index contributed by atoms with van der Waals surface area (Å²) in [7, 11) is -0.797. The zero-order valence-corrected chi connectivity index (χ0v) is 27.5. The van der Waals surface area contributed by atoms with Crippen LogP contribution in [0.15, 0.2) is 52.6 Å². The zero-order chi connectivity index (χ0) is 32.8. The van der Waals surface area contributed by atoms with Crippen LogP contribution in [0.3, 0.4) is 0 Å². The molecule has 2 saturated heterocycles. The highest BCUT2D eigenvalue weighted by Crippen LogP contribution is 2.55. The predicted octanol–water partition coefficient (Wildman–Crippen LogP) is 4.60. The van der Waals surface area contributed by atoms with Crippen LogP contribution in [-0.2, 0) is 26.2 Å². The Morgan fingerprint density at radius 1 is 1.11 bits per heavy atom. The van der Waals surface area contributed by atoms with E-state index in [2.05, 4.69) is 33.5 Å². The highest BCUT2D eigenvalue weighted by Gasteiger charge is 2.52. The number of piperazine rings is 1. The molecule has 2 aromatic rings. The van der Waals surface area contributed by atoms with Gasteiger partial charge in [-0.3, -0.25) is 9.59 Å². The monoisotopic (exact) mass is 666 g/mol. The molecule has 250 valence electrons. The van der Waals surface area contributed by atoms with Crippen LogP contribution in [0.4, 0.5) is 8.78 Å². The number of hydrogen-bond donors (Lipinski definition) is 1. The Balaban J connectivity index is 1.28. The molecule has 3 aliphatic heterocycles. The van der Waals surface area contributed by atoms with Crippen LogP contribution in [-0.4, -0.2) is 86.1 Å². The van der Waals surface area contributed by atoms with Crippen molar-refractivity contribution in [2.24, 2.45) is 5.92 Å². The summed E-state index contributed by atoms with van der Waals surface area (Å²) in [6, 6.07) is 6.70. The van der Waals surface area contributed by atoms with Gasteiger partial charge in [-0.15, -0.1) is 0 Å². The molecule has 1 aromatic carbocycles. The van der Waals surface area contributed by atoms with Crippen LogP contribution in [0.5, 0.6) is 5.75 Å². The van der Waals surface area contributed by atoms with Crippen LogP contribution in [0.2, 0.25) is 0 Å². The standard InChI is InChI=1S/C35H40F2N4O5S/c1-39-15-20-13-21(16-39)41(20)35(43)24-10-6-9-23-30(24)27-14-25-28(46-2)12-11-22(19-7-4-3-5-8-19)33(25)40(27)17-26-31(23)32(26)34(42)38-47(44,45)18-29(36)37/h6,9,11-12,14,19-21,24,29-30H,3-5,7-8,10,13,15-18H2,1-2H3,(H,38,42)/t20?,21?,24-,30?/m1/s1. The molecule has 6 aliphatic rings. The maximum Gasteiger partial charge on any atom is 0.265 e. The zero-order valence-electron chi connectivity index (χ0n) is 26.7. The van der Waals surface area contributed by atoms with Gasteiger partial charge in [0.05, 0.1) is 24.1 Å². The van der Waals surface area contributed by atoms with Gasteiger partial charge < -0.3 is 19.1 Å². The van der Waals surface area contributed by atoms with Gasteiger partial charge in [-0.2, -0.15) is 0 Å². The Morgan fingerprint density at radius 2 is 1.85 bits per heavy atom. The number of fused-ring (bicyclic) bond motifs is 8. The highest BCUT2D eigenvalue weighted by atomic mass is 32.2. The van der Waals surface area contributed by atoms with Crippen molar-refractivity contribution in [3.05, 3.63) is 63.9 Å². The van der Waals surface area contributed by atoms with Crippen molar-refractivity contribution in [3.63, 3.8) is 0 Å². The number of hydrogen-bond acceptors (Lipinski definition) is 6. The van der Waals surface area contributed by atoms with E-state index in [9.17, 15) is 26.8 Å². The number of sulfonamides is 1. The van der Waals surface area contributed by atoms with Crippen molar-refractivity contribution >= 4 is 32.7 Å². The Bertz CT molecular complexity index is 1880. The van der Waals surface area contributed by atoms with Gasteiger partial charge in [0.2, 0.25) is 15.9 Å². The topological polar surface area (TPSA) is 101 Å². The lowest BCUT2D eigenvalue weighted by Crippen LogP contribution is -2.70. The maximum absolute atomic E-state index is 14.5. The first-order valence-corrected chi connectivity index (χ1v) is 18.4. The number of likely N-dealkylation sites (N-methyl/N-ethyl adjacent to an activating group) is 1. The summed E-state index contributed by atoms with van der Waals surface area (Å²) in [5.74, 6) is -1.92. The number of nitrogens with zero attached hydrogens (tertiary/aromatic N) is 3. The number of rotatable bonds is 7. The second-order valence-corrected chi connectivity index (χ2v) is 15.9. The number of aromatic nitrogens is 1. The summed E-state index contributed by atoms with van der Waals surface area (Å²) < 4.78 is 60.8. The molecule has 1 aromatic heterocycles. The van der Waals surface area contributed by atoms with Crippen molar-refractivity contribution in [2.75, 3.05) is 33.0 Å². The lowest BCUT2D eigenvalue weighted by atomic mass is 9.74. The largest absolute Gasteiger partial charge is 0.496 e. The smallest absolute Gasteiger partial charge is 0.265 e. The molecule has 47 heavy (non-hydrogen) atoms. The van der Waals surface area contributed by atoms with Crippen molar-refractivity contribution in [1.29, 1.82) is 0 Å². The number of ether oxygens (including phenoxy) is 1. The van der Waals surface area contributed by atoms with Crippen LogP contribution >= 0.6 is 0 Å². The minimum Gasteiger partial charge on any atom is -0.496 e. The first-order valence-electron chi connectivity index (χ1n) is 16.7. The molecule has 4 atom stereocenters.